The molecule has 0 fully saturated rings. The lowest BCUT2D eigenvalue weighted by molar-refractivity contribution is 0.102. The molecular formula is C14H14BrN3O. The Balaban J connectivity index is 2.26. The Kier molecular flexibility index (Phi) is 4.16. The third kappa shape index (κ3) is 3.12. The van der Waals surface area contributed by atoms with E-state index in [1.807, 2.05) is 25.1 Å². The van der Waals surface area contributed by atoms with Crippen LogP contribution in [0.25, 0.3) is 0 Å². The molecular weight excluding hydrogens is 306 g/mol. The summed E-state index contributed by atoms with van der Waals surface area (Å²) >= 11 is 3.33. The zero-order valence-electron chi connectivity index (χ0n) is 10.5. The highest BCUT2D eigenvalue weighted by Crippen LogP contribution is 2.22. The van der Waals surface area contributed by atoms with Gasteiger partial charge in [-0.05, 0) is 40.0 Å². The first kappa shape index (κ1) is 13.5. The van der Waals surface area contributed by atoms with Gasteiger partial charge in [-0.15, -0.1) is 0 Å². The fourth-order valence-electron chi connectivity index (χ4n) is 1.77. The minimum Gasteiger partial charge on any atom is -0.397 e. The summed E-state index contributed by atoms with van der Waals surface area (Å²) in [5.41, 5.74) is 7.82. The zero-order chi connectivity index (χ0) is 13.8. The smallest absolute Gasteiger partial charge is 0.257 e. The molecule has 2 rings (SSSR count). The van der Waals surface area contributed by atoms with Crippen molar-refractivity contribution in [3.63, 3.8) is 0 Å². The second-order valence-electron chi connectivity index (χ2n) is 4.06. The molecule has 0 saturated heterocycles. The van der Waals surface area contributed by atoms with Crippen molar-refractivity contribution in [1.82, 2.24) is 4.98 Å². The second-order valence-corrected chi connectivity index (χ2v) is 4.92. The van der Waals surface area contributed by atoms with Crippen molar-refractivity contribution in [2.45, 2.75) is 13.3 Å². The van der Waals surface area contributed by atoms with Crippen LogP contribution >= 0.6 is 15.9 Å². The van der Waals surface area contributed by atoms with Crippen molar-refractivity contribution < 1.29 is 4.79 Å². The molecule has 1 amide bonds. The highest BCUT2D eigenvalue weighted by atomic mass is 79.9. The topological polar surface area (TPSA) is 68.0 Å². The Morgan fingerprint density at radius 2 is 2.16 bits per heavy atom. The summed E-state index contributed by atoms with van der Waals surface area (Å²) in [4.78, 5) is 16.3. The lowest BCUT2D eigenvalue weighted by Gasteiger charge is -2.09. The summed E-state index contributed by atoms with van der Waals surface area (Å²) < 4.78 is 0.662. The Morgan fingerprint density at radius 1 is 1.42 bits per heavy atom. The number of hydrogen-bond acceptors (Lipinski definition) is 3. The number of amides is 1. The summed E-state index contributed by atoms with van der Waals surface area (Å²) in [6, 6.07) is 9.22. The quantitative estimate of drug-likeness (QED) is 0.912. The number of anilines is 2. The van der Waals surface area contributed by atoms with Gasteiger partial charge in [0, 0.05) is 5.56 Å². The van der Waals surface area contributed by atoms with Crippen LogP contribution in [0.1, 0.15) is 22.8 Å². The van der Waals surface area contributed by atoms with Crippen LogP contribution < -0.4 is 11.1 Å². The van der Waals surface area contributed by atoms with E-state index in [9.17, 15) is 4.79 Å². The maximum atomic E-state index is 12.2. The molecule has 1 aromatic carbocycles. The highest BCUT2D eigenvalue weighted by Gasteiger charge is 2.12. The van der Waals surface area contributed by atoms with E-state index in [0.717, 1.165) is 12.0 Å². The van der Waals surface area contributed by atoms with Crippen LogP contribution in [0.3, 0.4) is 0 Å². The Bertz CT molecular complexity index is 613. The first-order chi connectivity index (χ1) is 9.11. The number of carbonyl (C=O) groups excluding carboxylic acids is 1. The van der Waals surface area contributed by atoms with Gasteiger partial charge in [0.25, 0.3) is 5.91 Å². The van der Waals surface area contributed by atoms with Crippen molar-refractivity contribution in [1.29, 1.82) is 0 Å². The zero-order valence-corrected chi connectivity index (χ0v) is 12.1. The third-order valence-corrected chi connectivity index (χ3v) is 3.34. The average molecular weight is 320 g/mol. The predicted molar refractivity (Wildman–Crippen MR) is 80.1 cm³/mol. The Hall–Kier alpha value is -1.88. The minimum absolute atomic E-state index is 0.171. The van der Waals surface area contributed by atoms with Crippen molar-refractivity contribution in [3.05, 3.63) is 52.1 Å². The molecule has 0 aliphatic heterocycles. The number of nitrogens with one attached hydrogen (secondary N) is 1. The van der Waals surface area contributed by atoms with Gasteiger partial charge in [-0.3, -0.25) is 4.79 Å². The van der Waals surface area contributed by atoms with Gasteiger partial charge in [0.1, 0.15) is 5.82 Å². The van der Waals surface area contributed by atoms with E-state index in [0.29, 0.717) is 21.5 Å². The van der Waals surface area contributed by atoms with Crippen molar-refractivity contribution >= 4 is 33.3 Å². The molecule has 2 aromatic rings. The molecule has 0 spiro atoms. The number of nitrogens with two attached hydrogens (primary N) is 1. The molecule has 19 heavy (non-hydrogen) atoms. The average Bonchev–Trinajstić information content (AvgIpc) is 2.41. The normalized spacial score (nSPS) is 10.2. The van der Waals surface area contributed by atoms with Gasteiger partial charge in [0.2, 0.25) is 0 Å². The summed E-state index contributed by atoms with van der Waals surface area (Å²) in [5, 5.41) is 2.78. The maximum absolute atomic E-state index is 12.2. The van der Waals surface area contributed by atoms with E-state index in [4.69, 9.17) is 5.73 Å². The number of nitrogens with zero attached hydrogens (tertiary/aromatic N) is 1. The number of aromatic nitrogens is 1. The van der Waals surface area contributed by atoms with E-state index >= 15 is 0 Å². The first-order valence-electron chi connectivity index (χ1n) is 5.92. The predicted octanol–water partition coefficient (Wildman–Crippen LogP) is 3.24. The number of pyridine rings is 1. The van der Waals surface area contributed by atoms with E-state index in [1.165, 1.54) is 6.20 Å². The molecule has 5 heteroatoms. The van der Waals surface area contributed by atoms with Crippen molar-refractivity contribution in [2.75, 3.05) is 11.1 Å². The molecule has 0 aliphatic rings. The lowest BCUT2D eigenvalue weighted by atomic mass is 10.0. The van der Waals surface area contributed by atoms with Gasteiger partial charge in [0.05, 0.1) is 16.4 Å². The standard InChI is InChI=1S/C14H14BrN3O/c1-2-9-5-3-4-6-11(9)14(19)18-13-12(15)7-10(16)8-17-13/h3-8H,2,16H2,1H3,(H,17,18,19). The first-order valence-corrected chi connectivity index (χ1v) is 6.71. The van der Waals surface area contributed by atoms with Crippen molar-refractivity contribution in [2.24, 2.45) is 0 Å². The van der Waals surface area contributed by atoms with Gasteiger partial charge in [-0.1, -0.05) is 25.1 Å². The van der Waals surface area contributed by atoms with Crippen LogP contribution in [0.4, 0.5) is 11.5 Å². The number of carbonyl (C=O) groups is 1. The van der Waals surface area contributed by atoms with E-state index < -0.39 is 0 Å². The molecule has 1 heterocycles. The molecule has 0 radical (unpaired) electrons. The monoisotopic (exact) mass is 319 g/mol. The molecule has 0 aliphatic carbocycles. The third-order valence-electron chi connectivity index (χ3n) is 2.74. The summed E-state index contributed by atoms with van der Waals surface area (Å²) in [6.07, 6.45) is 2.31. The number of rotatable bonds is 3. The van der Waals surface area contributed by atoms with Crippen LogP contribution in [0.15, 0.2) is 41.0 Å². The van der Waals surface area contributed by atoms with E-state index in [1.54, 1.807) is 12.1 Å². The SMILES string of the molecule is CCc1ccccc1C(=O)Nc1ncc(N)cc1Br. The maximum Gasteiger partial charge on any atom is 0.257 e. The Morgan fingerprint density at radius 3 is 2.84 bits per heavy atom. The molecule has 0 bridgehead atoms. The largest absolute Gasteiger partial charge is 0.397 e. The fraction of sp³-hybridized carbons (Fsp3) is 0.143. The molecule has 0 unspecified atom stereocenters. The highest BCUT2D eigenvalue weighted by molar-refractivity contribution is 9.10. The molecule has 4 nitrogen and oxygen atoms in total. The van der Waals surface area contributed by atoms with Crippen LogP contribution in [0.2, 0.25) is 0 Å². The number of benzene rings is 1. The molecule has 0 atom stereocenters. The summed E-state index contributed by atoms with van der Waals surface area (Å²) in [7, 11) is 0. The van der Waals surface area contributed by atoms with E-state index in [-0.39, 0.29) is 5.91 Å². The van der Waals surface area contributed by atoms with Crippen LogP contribution in [0, 0.1) is 0 Å². The number of nitrogen functional groups attached to an aromatic ring is 1. The summed E-state index contributed by atoms with van der Waals surface area (Å²) in [6.45, 7) is 2.02. The van der Waals surface area contributed by atoms with Gasteiger partial charge in [-0.2, -0.15) is 0 Å². The molecule has 0 saturated carbocycles. The Labute approximate surface area is 120 Å². The van der Waals surface area contributed by atoms with Gasteiger partial charge in [0.15, 0.2) is 0 Å². The summed E-state index contributed by atoms with van der Waals surface area (Å²) in [5.74, 6) is 0.292. The van der Waals surface area contributed by atoms with Crippen LogP contribution in [-0.4, -0.2) is 10.9 Å². The number of hydrogen-bond donors (Lipinski definition) is 2. The van der Waals surface area contributed by atoms with Gasteiger partial charge < -0.3 is 11.1 Å². The lowest BCUT2D eigenvalue weighted by Crippen LogP contribution is -2.15. The van der Waals surface area contributed by atoms with Gasteiger partial charge >= 0.3 is 0 Å². The second kappa shape index (κ2) is 5.84. The number of halogens is 1. The fourth-order valence-corrected chi connectivity index (χ4v) is 2.24. The number of aryl methyl sites for hydroxylation is 1. The minimum atomic E-state index is -0.171. The van der Waals surface area contributed by atoms with Crippen molar-refractivity contribution in [3.8, 4) is 0 Å². The van der Waals surface area contributed by atoms with Crippen LogP contribution in [-0.2, 0) is 6.42 Å². The van der Waals surface area contributed by atoms with E-state index in [2.05, 4.69) is 26.2 Å². The van der Waals surface area contributed by atoms with Gasteiger partial charge in [-0.25, -0.2) is 4.98 Å². The van der Waals surface area contributed by atoms with Crippen LogP contribution in [0.5, 0.6) is 0 Å². The molecule has 1 aromatic heterocycles. The molecule has 98 valence electrons. The molecule has 3 N–H and O–H groups in total.